The second kappa shape index (κ2) is 8.30. The molecule has 0 saturated heterocycles. The van der Waals surface area contributed by atoms with E-state index in [0.29, 0.717) is 19.0 Å². The molecule has 0 bridgehead atoms. The number of methoxy groups -OCH3 is 1. The van der Waals surface area contributed by atoms with Crippen LogP contribution in [0.25, 0.3) is 5.69 Å². The minimum Gasteiger partial charge on any atom is -0.385 e. The summed E-state index contributed by atoms with van der Waals surface area (Å²) in [6.07, 6.45) is 0.796. The van der Waals surface area contributed by atoms with Crippen molar-refractivity contribution in [3.8, 4) is 5.69 Å². The van der Waals surface area contributed by atoms with Gasteiger partial charge < -0.3 is 9.64 Å². The third-order valence-corrected chi connectivity index (χ3v) is 4.37. The molecule has 2 amide bonds. The van der Waals surface area contributed by atoms with Crippen LogP contribution in [0.3, 0.4) is 0 Å². The molecule has 1 aromatic heterocycles. The molecule has 6 nitrogen and oxygen atoms in total. The highest BCUT2D eigenvalue weighted by molar-refractivity contribution is 9.10. The van der Waals surface area contributed by atoms with Gasteiger partial charge in [-0.25, -0.2) is 9.48 Å². The second-order valence-electron chi connectivity index (χ2n) is 5.65. The van der Waals surface area contributed by atoms with Crippen molar-refractivity contribution in [3.05, 3.63) is 40.0 Å². The van der Waals surface area contributed by atoms with Crippen molar-refractivity contribution in [2.24, 2.45) is 0 Å². The molecule has 0 spiro atoms. The Hall–Kier alpha value is -1.86. The predicted molar refractivity (Wildman–Crippen MR) is 98.9 cm³/mol. The summed E-state index contributed by atoms with van der Waals surface area (Å²) in [6.45, 7) is 5.15. The molecular weight excluding hydrogens is 372 g/mol. The van der Waals surface area contributed by atoms with Crippen molar-refractivity contribution in [1.29, 1.82) is 0 Å². The summed E-state index contributed by atoms with van der Waals surface area (Å²) in [5.74, 6) is 0.693. The van der Waals surface area contributed by atoms with Crippen molar-refractivity contribution < 1.29 is 9.53 Å². The van der Waals surface area contributed by atoms with E-state index in [4.69, 9.17) is 4.74 Å². The Morgan fingerprint density at radius 2 is 2.00 bits per heavy atom. The lowest BCUT2D eigenvalue weighted by Crippen LogP contribution is -2.33. The number of rotatable bonds is 6. The Balaban J connectivity index is 2.20. The van der Waals surface area contributed by atoms with Gasteiger partial charge in [0.25, 0.3) is 0 Å². The summed E-state index contributed by atoms with van der Waals surface area (Å²) in [6, 6.07) is 7.64. The average molecular weight is 395 g/mol. The van der Waals surface area contributed by atoms with E-state index in [-0.39, 0.29) is 6.03 Å². The number of carbonyl (C=O) groups excluding carboxylic acids is 1. The summed E-state index contributed by atoms with van der Waals surface area (Å²) in [4.78, 5) is 14.1. The molecule has 1 heterocycles. The third-order valence-electron chi connectivity index (χ3n) is 3.84. The van der Waals surface area contributed by atoms with Crippen LogP contribution >= 0.6 is 15.9 Å². The number of nitrogens with zero attached hydrogens (tertiary/aromatic N) is 3. The molecule has 2 rings (SSSR count). The van der Waals surface area contributed by atoms with E-state index in [9.17, 15) is 4.79 Å². The first-order valence-corrected chi connectivity index (χ1v) is 8.56. The van der Waals surface area contributed by atoms with Crippen molar-refractivity contribution in [2.45, 2.75) is 20.3 Å². The molecule has 0 saturated carbocycles. The maximum Gasteiger partial charge on any atom is 0.322 e. The van der Waals surface area contributed by atoms with Crippen LogP contribution in [0.15, 0.2) is 28.7 Å². The zero-order valence-electron chi connectivity index (χ0n) is 14.5. The number of nitrogens with one attached hydrogen (secondary N) is 1. The number of ether oxygens (including phenoxy) is 1. The fourth-order valence-electron chi connectivity index (χ4n) is 2.27. The van der Waals surface area contributed by atoms with Gasteiger partial charge >= 0.3 is 6.03 Å². The first-order valence-electron chi connectivity index (χ1n) is 7.77. The fourth-order valence-corrected chi connectivity index (χ4v) is 2.53. The van der Waals surface area contributed by atoms with E-state index in [2.05, 4.69) is 26.3 Å². The topological polar surface area (TPSA) is 59.4 Å². The SMILES string of the molecule is COCCCN(C)C(=O)Nc1c(C)c(C)nn1-c1ccc(Br)cc1. The van der Waals surface area contributed by atoms with E-state index in [1.54, 1.807) is 23.7 Å². The quantitative estimate of drug-likeness (QED) is 0.758. The van der Waals surface area contributed by atoms with E-state index in [0.717, 1.165) is 27.8 Å². The van der Waals surface area contributed by atoms with Gasteiger partial charge in [0.15, 0.2) is 0 Å². The zero-order valence-corrected chi connectivity index (χ0v) is 16.1. The first kappa shape index (κ1) is 18.5. The monoisotopic (exact) mass is 394 g/mol. The van der Waals surface area contributed by atoms with Gasteiger partial charge in [0.1, 0.15) is 5.82 Å². The molecule has 1 N–H and O–H groups in total. The standard InChI is InChI=1S/C17H23BrN4O2/c1-12-13(2)20-22(15-8-6-14(18)7-9-15)16(12)19-17(23)21(3)10-5-11-24-4/h6-9H,5,10-11H2,1-4H3,(H,19,23). The number of amides is 2. The normalized spacial score (nSPS) is 10.7. The zero-order chi connectivity index (χ0) is 17.7. The molecule has 7 heteroatoms. The van der Waals surface area contributed by atoms with Gasteiger partial charge in [0, 0.05) is 37.3 Å². The number of benzene rings is 1. The molecule has 0 aliphatic heterocycles. The van der Waals surface area contributed by atoms with E-state index >= 15 is 0 Å². The molecular formula is C17H23BrN4O2. The number of hydrogen-bond acceptors (Lipinski definition) is 3. The largest absolute Gasteiger partial charge is 0.385 e. The van der Waals surface area contributed by atoms with Crippen molar-refractivity contribution in [2.75, 3.05) is 32.6 Å². The predicted octanol–water partition coefficient (Wildman–Crippen LogP) is 3.75. The minimum absolute atomic E-state index is 0.160. The summed E-state index contributed by atoms with van der Waals surface area (Å²) >= 11 is 3.43. The number of hydrogen-bond donors (Lipinski definition) is 1. The van der Waals surface area contributed by atoms with E-state index in [1.807, 2.05) is 38.1 Å². The van der Waals surface area contributed by atoms with Crippen LogP contribution in [-0.2, 0) is 4.74 Å². The van der Waals surface area contributed by atoms with Crippen LogP contribution in [-0.4, -0.2) is 48.0 Å². The highest BCUT2D eigenvalue weighted by Crippen LogP contribution is 2.24. The Labute approximate surface area is 150 Å². The van der Waals surface area contributed by atoms with Crippen LogP contribution in [0.2, 0.25) is 0 Å². The fraction of sp³-hybridized carbons (Fsp3) is 0.412. The molecule has 0 radical (unpaired) electrons. The molecule has 2 aromatic rings. The molecule has 0 aliphatic carbocycles. The maximum atomic E-state index is 12.4. The third kappa shape index (κ3) is 4.36. The van der Waals surface area contributed by atoms with Crippen LogP contribution in [0.1, 0.15) is 17.7 Å². The number of halogens is 1. The van der Waals surface area contributed by atoms with Crippen molar-refractivity contribution in [3.63, 3.8) is 0 Å². The van der Waals surface area contributed by atoms with Gasteiger partial charge in [0.05, 0.1) is 11.4 Å². The summed E-state index contributed by atoms with van der Waals surface area (Å²) in [5, 5.41) is 7.52. The van der Waals surface area contributed by atoms with Crippen LogP contribution < -0.4 is 5.32 Å². The van der Waals surface area contributed by atoms with E-state index in [1.165, 1.54) is 0 Å². The highest BCUT2D eigenvalue weighted by atomic mass is 79.9. The number of aryl methyl sites for hydroxylation is 1. The Morgan fingerprint density at radius 3 is 2.62 bits per heavy atom. The van der Waals surface area contributed by atoms with Crippen LogP contribution in [0.4, 0.5) is 10.6 Å². The lowest BCUT2D eigenvalue weighted by molar-refractivity contribution is 0.179. The van der Waals surface area contributed by atoms with Gasteiger partial charge in [-0.1, -0.05) is 15.9 Å². The molecule has 130 valence electrons. The van der Waals surface area contributed by atoms with Gasteiger partial charge in [-0.05, 0) is 44.5 Å². The molecule has 0 fully saturated rings. The Bertz CT molecular complexity index is 697. The van der Waals surface area contributed by atoms with Gasteiger partial charge in [0.2, 0.25) is 0 Å². The number of aromatic nitrogens is 2. The van der Waals surface area contributed by atoms with Gasteiger partial charge in [-0.15, -0.1) is 0 Å². The molecule has 0 aliphatic rings. The molecule has 24 heavy (non-hydrogen) atoms. The van der Waals surface area contributed by atoms with Crippen LogP contribution in [0, 0.1) is 13.8 Å². The van der Waals surface area contributed by atoms with Crippen molar-refractivity contribution >= 4 is 27.8 Å². The first-order chi connectivity index (χ1) is 11.4. The molecule has 0 unspecified atom stereocenters. The second-order valence-corrected chi connectivity index (χ2v) is 6.56. The average Bonchev–Trinajstić information content (AvgIpc) is 2.84. The number of urea groups is 1. The van der Waals surface area contributed by atoms with Gasteiger partial charge in [-0.2, -0.15) is 5.10 Å². The van der Waals surface area contributed by atoms with Crippen LogP contribution in [0.5, 0.6) is 0 Å². The van der Waals surface area contributed by atoms with Crippen molar-refractivity contribution in [1.82, 2.24) is 14.7 Å². The smallest absolute Gasteiger partial charge is 0.322 e. The Kier molecular flexibility index (Phi) is 6.39. The lowest BCUT2D eigenvalue weighted by Gasteiger charge is -2.18. The molecule has 0 atom stereocenters. The molecule has 1 aromatic carbocycles. The minimum atomic E-state index is -0.160. The van der Waals surface area contributed by atoms with E-state index < -0.39 is 0 Å². The maximum absolute atomic E-state index is 12.4. The van der Waals surface area contributed by atoms with Gasteiger partial charge in [-0.3, -0.25) is 5.32 Å². The summed E-state index contributed by atoms with van der Waals surface area (Å²) < 4.78 is 7.78. The summed E-state index contributed by atoms with van der Waals surface area (Å²) in [5.41, 5.74) is 2.73. The number of carbonyl (C=O) groups is 1. The summed E-state index contributed by atoms with van der Waals surface area (Å²) in [7, 11) is 3.43. The Morgan fingerprint density at radius 1 is 1.33 bits per heavy atom. The number of anilines is 1. The highest BCUT2D eigenvalue weighted by Gasteiger charge is 2.17. The lowest BCUT2D eigenvalue weighted by atomic mass is 10.2.